The van der Waals surface area contributed by atoms with Gasteiger partial charge in [0.05, 0.1) is 23.0 Å². The lowest BCUT2D eigenvalue weighted by Gasteiger charge is -2.26. The van der Waals surface area contributed by atoms with E-state index in [0.29, 0.717) is 17.2 Å². The fourth-order valence-corrected chi connectivity index (χ4v) is 4.34. The van der Waals surface area contributed by atoms with Crippen molar-refractivity contribution in [3.05, 3.63) is 59.0 Å². The van der Waals surface area contributed by atoms with Crippen molar-refractivity contribution in [3.63, 3.8) is 0 Å². The first-order chi connectivity index (χ1) is 14.4. The van der Waals surface area contributed by atoms with Crippen molar-refractivity contribution in [2.75, 3.05) is 26.3 Å². The number of nitrogens with zero attached hydrogens (tertiary/aromatic N) is 4. The molecule has 1 aliphatic heterocycles. The number of hydrogen-bond donors (Lipinski definition) is 0. The van der Waals surface area contributed by atoms with Gasteiger partial charge in [0.1, 0.15) is 5.75 Å². The first-order valence-electron chi connectivity index (χ1n) is 8.86. The van der Waals surface area contributed by atoms with Crippen LogP contribution in [0.3, 0.4) is 0 Å². The Balaban J connectivity index is 1.60. The smallest absolute Gasteiger partial charge is 0.312 e. The Hall–Kier alpha value is -3.35. The van der Waals surface area contributed by atoms with E-state index in [1.54, 1.807) is 24.3 Å². The molecule has 1 fully saturated rings. The predicted octanol–water partition coefficient (Wildman–Crippen LogP) is 2.46. The molecule has 0 unspecified atom stereocenters. The summed E-state index contributed by atoms with van der Waals surface area (Å²) in [7, 11) is -3.87. The minimum Gasteiger partial charge on any atom is -0.450 e. The Bertz CT molecular complexity index is 1140. The molecule has 2 aromatic carbocycles. The van der Waals surface area contributed by atoms with E-state index < -0.39 is 20.6 Å². The minimum absolute atomic E-state index is 0.0773. The number of aromatic nitrogens is 2. The average molecular weight is 432 g/mol. The quantitative estimate of drug-likeness (QED) is 0.424. The van der Waals surface area contributed by atoms with Gasteiger partial charge in [0.2, 0.25) is 28.1 Å². The second kappa shape index (κ2) is 8.18. The van der Waals surface area contributed by atoms with Crippen molar-refractivity contribution in [2.45, 2.75) is 4.90 Å². The third-order valence-corrected chi connectivity index (χ3v) is 6.32. The van der Waals surface area contributed by atoms with E-state index in [1.807, 2.05) is 0 Å². The molecule has 0 atom stereocenters. The fraction of sp³-hybridized carbons (Fsp3) is 0.222. The summed E-state index contributed by atoms with van der Waals surface area (Å²) >= 11 is 0. The lowest BCUT2D eigenvalue weighted by molar-refractivity contribution is -0.385. The van der Waals surface area contributed by atoms with Gasteiger partial charge in [-0.1, -0.05) is 0 Å². The normalized spacial score (nSPS) is 15.1. The lowest BCUT2D eigenvalue weighted by Crippen LogP contribution is -2.40. The molecule has 30 heavy (non-hydrogen) atoms. The molecule has 0 amide bonds. The first-order valence-corrected chi connectivity index (χ1v) is 10.3. The van der Waals surface area contributed by atoms with Gasteiger partial charge in [-0.2, -0.15) is 4.31 Å². The van der Waals surface area contributed by atoms with Crippen molar-refractivity contribution < 1.29 is 27.2 Å². The zero-order valence-corrected chi connectivity index (χ0v) is 16.3. The van der Waals surface area contributed by atoms with E-state index in [1.165, 1.54) is 22.8 Å². The molecule has 0 saturated carbocycles. The second-order valence-corrected chi connectivity index (χ2v) is 8.21. The number of sulfonamides is 1. The molecular formula is C18H16N4O7S. The molecule has 1 aliphatic rings. The molecule has 0 N–H and O–H groups in total. The molecule has 0 bridgehead atoms. The SMILES string of the molecule is O=[N+]([O-])c1cc(S(=O)(=O)N2CCOCC2)ccc1Oc1ccc(-c2nnco2)cc1. The molecule has 156 valence electrons. The molecule has 4 rings (SSSR count). The number of ether oxygens (including phenoxy) is 2. The number of morpholine rings is 1. The summed E-state index contributed by atoms with van der Waals surface area (Å²) in [5.74, 6) is 0.571. The van der Waals surface area contributed by atoms with Crippen LogP contribution in [0.15, 0.2) is 58.2 Å². The highest BCUT2D eigenvalue weighted by molar-refractivity contribution is 7.89. The number of nitro groups is 1. The van der Waals surface area contributed by atoms with Crippen LogP contribution in [0.1, 0.15) is 0 Å². The first kappa shape index (κ1) is 19.9. The summed E-state index contributed by atoms with van der Waals surface area (Å²) in [4.78, 5) is 10.7. The summed E-state index contributed by atoms with van der Waals surface area (Å²) < 4.78 is 42.7. The predicted molar refractivity (Wildman–Crippen MR) is 102 cm³/mol. The van der Waals surface area contributed by atoms with Crippen LogP contribution in [0.25, 0.3) is 11.5 Å². The molecule has 0 aliphatic carbocycles. The maximum absolute atomic E-state index is 12.8. The van der Waals surface area contributed by atoms with Crippen molar-refractivity contribution in [2.24, 2.45) is 0 Å². The molecule has 2 heterocycles. The van der Waals surface area contributed by atoms with Gasteiger partial charge in [0.15, 0.2) is 0 Å². The molecule has 1 aromatic heterocycles. The Morgan fingerprint density at radius 1 is 1.10 bits per heavy atom. The molecule has 0 radical (unpaired) electrons. The second-order valence-electron chi connectivity index (χ2n) is 6.27. The van der Waals surface area contributed by atoms with Crippen LogP contribution < -0.4 is 4.74 Å². The van der Waals surface area contributed by atoms with E-state index >= 15 is 0 Å². The van der Waals surface area contributed by atoms with Gasteiger partial charge in [0, 0.05) is 24.7 Å². The summed E-state index contributed by atoms with van der Waals surface area (Å²) in [5, 5.41) is 18.9. The highest BCUT2D eigenvalue weighted by Crippen LogP contribution is 2.34. The summed E-state index contributed by atoms with van der Waals surface area (Å²) in [6.07, 6.45) is 1.20. The molecule has 12 heteroatoms. The molecule has 11 nitrogen and oxygen atoms in total. The zero-order valence-electron chi connectivity index (χ0n) is 15.5. The van der Waals surface area contributed by atoms with Crippen LogP contribution in [0.5, 0.6) is 11.5 Å². The maximum atomic E-state index is 12.8. The van der Waals surface area contributed by atoms with Crippen molar-refractivity contribution in [1.82, 2.24) is 14.5 Å². The fourth-order valence-electron chi connectivity index (χ4n) is 2.91. The van der Waals surface area contributed by atoms with Crippen LogP contribution in [0, 0.1) is 10.1 Å². The van der Waals surface area contributed by atoms with Crippen LogP contribution in [-0.2, 0) is 14.8 Å². The van der Waals surface area contributed by atoms with Crippen molar-refractivity contribution >= 4 is 15.7 Å². The van der Waals surface area contributed by atoms with Crippen molar-refractivity contribution in [1.29, 1.82) is 0 Å². The Labute approximate surface area is 171 Å². The summed E-state index contributed by atoms with van der Waals surface area (Å²) in [6, 6.07) is 10.1. The van der Waals surface area contributed by atoms with Gasteiger partial charge < -0.3 is 13.9 Å². The third-order valence-electron chi connectivity index (χ3n) is 4.42. The van der Waals surface area contributed by atoms with Crippen LogP contribution in [0.2, 0.25) is 0 Å². The van der Waals surface area contributed by atoms with Crippen LogP contribution in [0.4, 0.5) is 5.69 Å². The topological polar surface area (TPSA) is 138 Å². The largest absolute Gasteiger partial charge is 0.450 e. The third kappa shape index (κ3) is 4.01. The maximum Gasteiger partial charge on any atom is 0.312 e. The number of rotatable bonds is 6. The highest BCUT2D eigenvalue weighted by atomic mass is 32.2. The summed E-state index contributed by atoms with van der Waals surface area (Å²) in [6.45, 7) is 0.950. The number of nitro benzene ring substituents is 1. The highest BCUT2D eigenvalue weighted by Gasteiger charge is 2.29. The monoisotopic (exact) mass is 432 g/mol. The van der Waals surface area contributed by atoms with Gasteiger partial charge in [0.25, 0.3) is 0 Å². The number of benzene rings is 2. The van der Waals surface area contributed by atoms with E-state index in [4.69, 9.17) is 13.9 Å². The van der Waals surface area contributed by atoms with Crippen molar-refractivity contribution in [3.8, 4) is 23.0 Å². The Morgan fingerprint density at radius 2 is 1.83 bits per heavy atom. The number of hydrogen-bond acceptors (Lipinski definition) is 9. The van der Waals surface area contributed by atoms with Gasteiger partial charge >= 0.3 is 5.69 Å². The zero-order chi connectivity index (χ0) is 21.1. The minimum atomic E-state index is -3.87. The van der Waals surface area contributed by atoms with Gasteiger partial charge in [-0.25, -0.2) is 8.42 Å². The standard InChI is InChI=1S/C18H16N4O7S/c23-22(24)16-11-15(30(25,26)21-7-9-27-10-8-21)5-6-17(16)29-14-3-1-13(2-4-14)18-20-19-12-28-18/h1-6,11-12H,7-10H2. The summed E-state index contributed by atoms with van der Waals surface area (Å²) in [5.41, 5.74) is 0.201. The average Bonchev–Trinajstić information content (AvgIpc) is 3.30. The molecule has 3 aromatic rings. The van der Waals surface area contributed by atoms with Gasteiger partial charge in [-0.3, -0.25) is 10.1 Å². The molecule has 1 saturated heterocycles. The molecule has 0 spiro atoms. The van der Waals surface area contributed by atoms with Gasteiger partial charge in [-0.15, -0.1) is 10.2 Å². The van der Waals surface area contributed by atoms with Crippen LogP contribution >= 0.6 is 0 Å². The van der Waals surface area contributed by atoms with E-state index in [0.717, 1.165) is 6.07 Å². The van der Waals surface area contributed by atoms with E-state index in [9.17, 15) is 18.5 Å². The van der Waals surface area contributed by atoms with E-state index in [2.05, 4.69) is 10.2 Å². The Morgan fingerprint density at radius 3 is 2.47 bits per heavy atom. The lowest BCUT2D eigenvalue weighted by atomic mass is 10.2. The van der Waals surface area contributed by atoms with E-state index in [-0.39, 0.29) is 36.9 Å². The Kier molecular flexibility index (Phi) is 5.44. The van der Waals surface area contributed by atoms with Crippen LogP contribution in [-0.4, -0.2) is 54.1 Å². The molecular weight excluding hydrogens is 416 g/mol. The van der Waals surface area contributed by atoms with Gasteiger partial charge in [-0.05, 0) is 36.4 Å².